The highest BCUT2D eigenvalue weighted by molar-refractivity contribution is 9.10. The summed E-state index contributed by atoms with van der Waals surface area (Å²) in [6, 6.07) is 11.2. The van der Waals surface area contributed by atoms with Crippen LogP contribution in [-0.4, -0.2) is 33.9 Å². The van der Waals surface area contributed by atoms with E-state index in [2.05, 4.69) is 46.4 Å². The molecule has 8 heteroatoms. The molecule has 4 rings (SSSR count). The summed E-state index contributed by atoms with van der Waals surface area (Å²) in [7, 11) is 0. The van der Waals surface area contributed by atoms with Crippen LogP contribution in [0.25, 0.3) is 0 Å². The molecule has 0 radical (unpaired) electrons. The molecule has 0 bridgehead atoms. The van der Waals surface area contributed by atoms with Crippen molar-refractivity contribution in [3.63, 3.8) is 0 Å². The largest absolute Gasteiger partial charge is 0.356 e. The quantitative estimate of drug-likeness (QED) is 0.591. The average molecular weight is 453 g/mol. The number of hydrogen-bond acceptors (Lipinski definition) is 6. The van der Waals surface area contributed by atoms with E-state index in [0.717, 1.165) is 34.8 Å². The van der Waals surface area contributed by atoms with Crippen molar-refractivity contribution in [2.75, 3.05) is 28.6 Å². The Morgan fingerprint density at radius 2 is 1.76 bits per heavy atom. The van der Waals surface area contributed by atoms with Gasteiger partial charge in [-0.1, -0.05) is 0 Å². The smallest absolute Gasteiger partial charge is 0.257 e. The summed E-state index contributed by atoms with van der Waals surface area (Å²) in [5.41, 5.74) is 2.97. The van der Waals surface area contributed by atoms with Gasteiger partial charge in [0.25, 0.3) is 5.91 Å². The van der Waals surface area contributed by atoms with Crippen LogP contribution in [0.3, 0.4) is 0 Å². The van der Waals surface area contributed by atoms with Gasteiger partial charge in [-0.25, -0.2) is 4.98 Å². The lowest BCUT2D eigenvalue weighted by atomic mass is 10.2. The number of halogens is 1. The topological polar surface area (TPSA) is 83.0 Å². The van der Waals surface area contributed by atoms with Crippen LogP contribution in [0, 0.1) is 6.92 Å². The lowest BCUT2D eigenvalue weighted by Gasteiger charge is -2.17. The Labute approximate surface area is 177 Å². The van der Waals surface area contributed by atoms with Crippen molar-refractivity contribution in [3.05, 3.63) is 64.5 Å². The number of nitrogens with zero attached hydrogens (tertiary/aromatic N) is 4. The van der Waals surface area contributed by atoms with Crippen LogP contribution < -0.4 is 15.5 Å². The summed E-state index contributed by atoms with van der Waals surface area (Å²) < 4.78 is 0.760. The van der Waals surface area contributed by atoms with Gasteiger partial charge in [0.2, 0.25) is 5.95 Å². The minimum absolute atomic E-state index is 0.211. The van der Waals surface area contributed by atoms with Gasteiger partial charge in [0.15, 0.2) is 0 Å². The van der Waals surface area contributed by atoms with Gasteiger partial charge in [-0.2, -0.15) is 4.98 Å². The molecule has 1 fully saturated rings. The molecule has 7 nitrogen and oxygen atoms in total. The van der Waals surface area contributed by atoms with E-state index in [9.17, 15) is 4.79 Å². The lowest BCUT2D eigenvalue weighted by molar-refractivity contribution is 0.102. The molecule has 1 aliphatic rings. The third-order valence-electron chi connectivity index (χ3n) is 4.64. The van der Waals surface area contributed by atoms with Crippen molar-refractivity contribution < 1.29 is 4.79 Å². The first-order valence-electron chi connectivity index (χ1n) is 9.46. The monoisotopic (exact) mass is 452 g/mol. The number of anilines is 4. The summed E-state index contributed by atoms with van der Waals surface area (Å²) >= 11 is 3.32. The van der Waals surface area contributed by atoms with Crippen LogP contribution in [-0.2, 0) is 0 Å². The Hall–Kier alpha value is -3.00. The van der Waals surface area contributed by atoms with Crippen molar-refractivity contribution >= 4 is 45.0 Å². The molecule has 0 spiro atoms. The predicted octanol–water partition coefficient (Wildman–Crippen LogP) is 4.54. The van der Waals surface area contributed by atoms with E-state index in [1.165, 1.54) is 19.0 Å². The van der Waals surface area contributed by atoms with E-state index in [4.69, 9.17) is 0 Å². The van der Waals surface area contributed by atoms with Crippen molar-refractivity contribution in [2.45, 2.75) is 19.8 Å². The summed E-state index contributed by atoms with van der Waals surface area (Å²) in [6.07, 6.45) is 5.58. The van der Waals surface area contributed by atoms with E-state index < -0.39 is 0 Å². The molecule has 3 aromatic rings. The van der Waals surface area contributed by atoms with Crippen molar-refractivity contribution in [1.29, 1.82) is 0 Å². The standard InChI is InChI=1S/C21H21BrN6O/c1-14-10-19(28-8-2-3-9-28)27-21(24-14)26-18-6-4-17(5-7-18)25-20(29)15-11-16(22)13-23-12-15/h4-7,10-13H,2-3,8-9H2,1H3,(H,25,29)(H,24,26,27). The number of carbonyl (C=O) groups is 1. The SMILES string of the molecule is Cc1cc(N2CCCC2)nc(Nc2ccc(NC(=O)c3cncc(Br)c3)cc2)n1. The molecule has 1 saturated heterocycles. The normalized spacial score (nSPS) is 13.4. The fourth-order valence-corrected chi connectivity index (χ4v) is 3.59. The number of rotatable bonds is 5. The third kappa shape index (κ3) is 4.89. The number of pyridine rings is 1. The van der Waals surface area contributed by atoms with E-state index in [1.807, 2.05) is 37.3 Å². The molecule has 2 N–H and O–H groups in total. The van der Waals surface area contributed by atoms with Gasteiger partial charge in [0.1, 0.15) is 5.82 Å². The molecule has 0 unspecified atom stereocenters. The highest BCUT2D eigenvalue weighted by atomic mass is 79.9. The first kappa shape index (κ1) is 19.3. The van der Waals surface area contributed by atoms with Crippen LogP contribution in [0.1, 0.15) is 28.9 Å². The average Bonchev–Trinajstić information content (AvgIpc) is 3.24. The van der Waals surface area contributed by atoms with Gasteiger partial charge in [-0.05, 0) is 66.0 Å². The number of carbonyl (C=O) groups excluding carboxylic acids is 1. The molecule has 0 saturated carbocycles. The van der Waals surface area contributed by atoms with E-state index in [0.29, 0.717) is 17.2 Å². The molecule has 148 valence electrons. The highest BCUT2D eigenvalue weighted by Crippen LogP contribution is 2.22. The van der Waals surface area contributed by atoms with Crippen LogP contribution in [0.5, 0.6) is 0 Å². The van der Waals surface area contributed by atoms with Gasteiger partial charge in [-0.15, -0.1) is 0 Å². The van der Waals surface area contributed by atoms with Gasteiger partial charge < -0.3 is 15.5 Å². The summed E-state index contributed by atoms with van der Waals surface area (Å²) in [4.78, 5) is 27.8. The number of aromatic nitrogens is 3. The Balaban J connectivity index is 1.44. The van der Waals surface area contributed by atoms with Crippen LogP contribution >= 0.6 is 15.9 Å². The van der Waals surface area contributed by atoms with Gasteiger partial charge in [0, 0.05) is 53.1 Å². The predicted molar refractivity (Wildman–Crippen MR) is 118 cm³/mol. The van der Waals surface area contributed by atoms with Crippen molar-refractivity contribution in [3.8, 4) is 0 Å². The van der Waals surface area contributed by atoms with Crippen LogP contribution in [0.15, 0.2) is 53.3 Å². The second-order valence-corrected chi connectivity index (χ2v) is 7.85. The molecule has 1 aliphatic heterocycles. The van der Waals surface area contributed by atoms with Crippen LogP contribution in [0.4, 0.5) is 23.1 Å². The zero-order valence-electron chi connectivity index (χ0n) is 16.0. The summed E-state index contributed by atoms with van der Waals surface area (Å²) in [5.74, 6) is 1.32. The molecule has 3 heterocycles. The highest BCUT2D eigenvalue weighted by Gasteiger charge is 2.15. The molecule has 0 atom stereocenters. The Morgan fingerprint density at radius 3 is 2.48 bits per heavy atom. The molecule has 0 aliphatic carbocycles. The zero-order valence-corrected chi connectivity index (χ0v) is 17.6. The minimum Gasteiger partial charge on any atom is -0.356 e. The Kier molecular flexibility index (Phi) is 5.71. The lowest BCUT2D eigenvalue weighted by Crippen LogP contribution is -2.19. The minimum atomic E-state index is -0.211. The third-order valence-corrected chi connectivity index (χ3v) is 5.07. The van der Waals surface area contributed by atoms with Gasteiger partial charge in [-0.3, -0.25) is 9.78 Å². The maximum atomic E-state index is 12.3. The maximum Gasteiger partial charge on any atom is 0.257 e. The van der Waals surface area contributed by atoms with Crippen LogP contribution in [0.2, 0.25) is 0 Å². The van der Waals surface area contributed by atoms with Gasteiger partial charge >= 0.3 is 0 Å². The summed E-state index contributed by atoms with van der Waals surface area (Å²) in [6.45, 7) is 4.05. The number of amides is 1. The second kappa shape index (κ2) is 8.57. The van der Waals surface area contributed by atoms with E-state index >= 15 is 0 Å². The van der Waals surface area contributed by atoms with Crippen molar-refractivity contribution in [1.82, 2.24) is 15.0 Å². The first-order chi connectivity index (χ1) is 14.1. The molecular weight excluding hydrogens is 432 g/mol. The zero-order chi connectivity index (χ0) is 20.2. The summed E-state index contributed by atoms with van der Waals surface area (Å²) in [5, 5.41) is 6.12. The Bertz CT molecular complexity index is 1020. The van der Waals surface area contributed by atoms with E-state index in [-0.39, 0.29) is 5.91 Å². The first-order valence-corrected chi connectivity index (χ1v) is 10.3. The molecule has 1 amide bonds. The fraction of sp³-hybridized carbons (Fsp3) is 0.238. The van der Waals surface area contributed by atoms with Gasteiger partial charge in [0.05, 0.1) is 5.56 Å². The van der Waals surface area contributed by atoms with E-state index in [1.54, 1.807) is 12.3 Å². The molecule has 2 aromatic heterocycles. The number of benzene rings is 1. The molecule has 29 heavy (non-hydrogen) atoms. The fourth-order valence-electron chi connectivity index (χ4n) is 3.22. The molecular formula is C21H21BrN6O. The Morgan fingerprint density at radius 1 is 1.03 bits per heavy atom. The number of hydrogen-bond donors (Lipinski definition) is 2. The van der Waals surface area contributed by atoms with Crippen molar-refractivity contribution in [2.24, 2.45) is 0 Å². The number of nitrogens with one attached hydrogen (secondary N) is 2. The second-order valence-electron chi connectivity index (χ2n) is 6.93. The maximum absolute atomic E-state index is 12.3. The molecule has 1 aromatic carbocycles. The number of aryl methyl sites for hydroxylation is 1.